The van der Waals surface area contributed by atoms with Gasteiger partial charge in [0.2, 0.25) is 0 Å². The van der Waals surface area contributed by atoms with Crippen LogP contribution in [0.3, 0.4) is 0 Å². The highest BCUT2D eigenvalue weighted by Crippen LogP contribution is 2.36. The fourth-order valence-corrected chi connectivity index (χ4v) is 5.42. The van der Waals surface area contributed by atoms with Crippen molar-refractivity contribution in [1.29, 1.82) is 0 Å². The van der Waals surface area contributed by atoms with Crippen LogP contribution in [0.1, 0.15) is 67.6 Å². The van der Waals surface area contributed by atoms with Crippen molar-refractivity contribution in [3.63, 3.8) is 0 Å². The first kappa shape index (κ1) is 26.8. The van der Waals surface area contributed by atoms with Gasteiger partial charge in [-0.3, -0.25) is 4.79 Å². The van der Waals surface area contributed by atoms with Crippen molar-refractivity contribution in [3.8, 4) is 0 Å². The molecule has 0 saturated heterocycles. The van der Waals surface area contributed by atoms with E-state index in [1.807, 2.05) is 38.2 Å². The Morgan fingerprint density at radius 2 is 2.05 bits per heavy atom. The first-order valence-electron chi connectivity index (χ1n) is 13.7. The minimum Gasteiger partial charge on any atom is -0.445 e. The Morgan fingerprint density at radius 3 is 2.82 bits per heavy atom. The number of hydrogen-bond donors (Lipinski definition) is 0. The standard InChI is InChI=1S/C28H35N7O4/c1-19(2)39-28(37)34-17-20-16-22(10-11-25(20)31-34)35(21-8-9-21)27(36)24-6-5-7-26-23(24)12-14-33(26)13-3-4-15-38-18-30-32-29/h5-7,12,14,17,19,21-22H,3-4,8-11,13,15-16,18H2,1-2H3. The van der Waals surface area contributed by atoms with E-state index >= 15 is 0 Å². The molecule has 1 fully saturated rings. The van der Waals surface area contributed by atoms with Crippen LogP contribution in [0.2, 0.25) is 0 Å². The molecule has 1 unspecified atom stereocenters. The van der Waals surface area contributed by atoms with E-state index < -0.39 is 6.09 Å². The lowest BCUT2D eigenvalue weighted by molar-refractivity contribution is 0.0644. The van der Waals surface area contributed by atoms with Crippen LogP contribution in [-0.2, 0) is 28.9 Å². The second kappa shape index (κ2) is 11.9. The molecular formula is C28H35N7O4. The van der Waals surface area contributed by atoms with Crippen LogP contribution in [0.15, 0.2) is 41.8 Å². The Labute approximate surface area is 227 Å². The molecule has 39 heavy (non-hydrogen) atoms. The lowest BCUT2D eigenvalue weighted by atomic mass is 9.91. The zero-order valence-corrected chi connectivity index (χ0v) is 22.5. The minimum absolute atomic E-state index is 0.0568. The van der Waals surface area contributed by atoms with E-state index in [2.05, 4.69) is 30.7 Å². The topological polar surface area (TPSA) is 127 Å². The molecule has 0 spiro atoms. The van der Waals surface area contributed by atoms with Gasteiger partial charge in [-0.25, -0.2) is 4.79 Å². The smallest absolute Gasteiger partial charge is 0.434 e. The zero-order chi connectivity index (χ0) is 27.4. The van der Waals surface area contributed by atoms with Gasteiger partial charge >= 0.3 is 6.09 Å². The first-order valence-corrected chi connectivity index (χ1v) is 13.7. The molecule has 2 aliphatic rings. The molecule has 1 aromatic carbocycles. The summed E-state index contributed by atoms with van der Waals surface area (Å²) in [5.74, 6) is 0.0763. The van der Waals surface area contributed by atoms with Crippen molar-refractivity contribution in [3.05, 3.63) is 63.9 Å². The number of hydrogen-bond acceptors (Lipinski definition) is 6. The van der Waals surface area contributed by atoms with Crippen molar-refractivity contribution in [2.75, 3.05) is 13.3 Å². The minimum atomic E-state index is -0.469. The van der Waals surface area contributed by atoms with Gasteiger partial charge in [-0.15, -0.1) is 0 Å². The quantitative estimate of drug-likeness (QED) is 0.140. The molecule has 11 heteroatoms. The summed E-state index contributed by atoms with van der Waals surface area (Å²) in [6, 6.07) is 8.32. The number of carbonyl (C=O) groups is 2. The highest BCUT2D eigenvalue weighted by Gasteiger charge is 2.40. The Kier molecular flexibility index (Phi) is 8.18. The number of benzene rings is 1. The summed E-state index contributed by atoms with van der Waals surface area (Å²) in [5.41, 5.74) is 12.0. The van der Waals surface area contributed by atoms with Crippen LogP contribution in [0.4, 0.5) is 4.79 Å². The first-order chi connectivity index (χ1) is 19.0. The van der Waals surface area contributed by atoms with Crippen molar-refractivity contribution >= 4 is 22.9 Å². The van der Waals surface area contributed by atoms with E-state index in [1.54, 1.807) is 6.20 Å². The maximum absolute atomic E-state index is 14.1. The predicted molar refractivity (Wildman–Crippen MR) is 145 cm³/mol. The fourth-order valence-electron chi connectivity index (χ4n) is 5.42. The largest absolute Gasteiger partial charge is 0.445 e. The van der Waals surface area contributed by atoms with Crippen LogP contribution >= 0.6 is 0 Å². The van der Waals surface area contributed by atoms with Gasteiger partial charge < -0.3 is 18.9 Å². The summed E-state index contributed by atoms with van der Waals surface area (Å²) in [4.78, 5) is 31.2. The fraction of sp³-hybridized carbons (Fsp3) is 0.536. The van der Waals surface area contributed by atoms with Gasteiger partial charge in [0.25, 0.3) is 5.91 Å². The molecule has 5 rings (SSSR count). The molecule has 1 atom stereocenters. The van der Waals surface area contributed by atoms with Crippen LogP contribution in [0.5, 0.6) is 0 Å². The van der Waals surface area contributed by atoms with Gasteiger partial charge in [0, 0.05) is 59.0 Å². The number of aryl methyl sites for hydroxylation is 2. The Bertz CT molecular complexity index is 1380. The monoisotopic (exact) mass is 533 g/mol. The molecule has 1 amide bonds. The summed E-state index contributed by atoms with van der Waals surface area (Å²) in [7, 11) is 0. The number of aromatic nitrogens is 3. The third-order valence-corrected chi connectivity index (χ3v) is 7.33. The number of carbonyl (C=O) groups excluding carboxylic acids is 2. The molecule has 0 aliphatic heterocycles. The van der Waals surface area contributed by atoms with E-state index in [1.165, 1.54) is 4.68 Å². The van der Waals surface area contributed by atoms with Crippen LogP contribution in [0.25, 0.3) is 21.3 Å². The summed E-state index contributed by atoms with van der Waals surface area (Å²) in [6.07, 6.45) is 9.17. The van der Waals surface area contributed by atoms with Crippen LogP contribution in [-0.4, -0.2) is 62.8 Å². The lowest BCUT2D eigenvalue weighted by Crippen LogP contribution is -2.44. The third-order valence-electron chi connectivity index (χ3n) is 7.33. The van der Waals surface area contributed by atoms with Gasteiger partial charge in [0.05, 0.1) is 11.8 Å². The average Bonchev–Trinajstić information content (AvgIpc) is 3.51. The van der Waals surface area contributed by atoms with Gasteiger partial charge in [-0.1, -0.05) is 11.2 Å². The van der Waals surface area contributed by atoms with Crippen molar-refractivity contribution in [1.82, 2.24) is 19.2 Å². The summed E-state index contributed by atoms with van der Waals surface area (Å²) in [5, 5.41) is 8.80. The van der Waals surface area contributed by atoms with Gasteiger partial charge in [-0.2, -0.15) is 9.78 Å². The second-order valence-electron chi connectivity index (χ2n) is 10.5. The highest BCUT2D eigenvalue weighted by atomic mass is 16.6. The van der Waals surface area contributed by atoms with Gasteiger partial charge in [0.15, 0.2) is 0 Å². The Hall–Kier alpha value is -3.82. The van der Waals surface area contributed by atoms with Crippen LogP contribution < -0.4 is 0 Å². The molecule has 2 aliphatic carbocycles. The van der Waals surface area contributed by atoms with E-state index in [-0.39, 0.29) is 30.8 Å². The molecule has 0 radical (unpaired) electrons. The maximum atomic E-state index is 14.1. The number of fused-ring (bicyclic) bond motifs is 2. The number of nitrogens with zero attached hydrogens (tertiary/aromatic N) is 7. The molecule has 2 aromatic heterocycles. The van der Waals surface area contributed by atoms with Gasteiger partial charge in [0.1, 0.15) is 6.73 Å². The molecule has 206 valence electrons. The van der Waals surface area contributed by atoms with E-state index in [0.717, 1.165) is 72.8 Å². The number of ether oxygens (including phenoxy) is 2. The second-order valence-corrected chi connectivity index (χ2v) is 10.5. The maximum Gasteiger partial charge on any atom is 0.434 e. The summed E-state index contributed by atoms with van der Waals surface area (Å²) in [6.45, 7) is 5.04. The average molecular weight is 534 g/mol. The number of unbranched alkanes of at least 4 members (excludes halogenated alkanes) is 1. The molecular weight excluding hydrogens is 498 g/mol. The van der Waals surface area contributed by atoms with E-state index in [0.29, 0.717) is 13.0 Å². The lowest BCUT2D eigenvalue weighted by Gasteiger charge is -2.34. The molecule has 0 N–H and O–H groups in total. The van der Waals surface area contributed by atoms with Crippen molar-refractivity contribution in [2.45, 2.75) is 83.5 Å². The van der Waals surface area contributed by atoms with E-state index in [9.17, 15) is 9.59 Å². The normalized spacial score (nSPS) is 16.6. The number of rotatable bonds is 11. The predicted octanol–water partition coefficient (Wildman–Crippen LogP) is 5.46. The highest BCUT2D eigenvalue weighted by molar-refractivity contribution is 6.07. The summed E-state index contributed by atoms with van der Waals surface area (Å²) < 4.78 is 14.1. The molecule has 0 bridgehead atoms. The molecule has 1 saturated carbocycles. The van der Waals surface area contributed by atoms with Gasteiger partial charge in [-0.05, 0) is 88.1 Å². The summed E-state index contributed by atoms with van der Waals surface area (Å²) >= 11 is 0. The Balaban J connectivity index is 1.29. The molecule has 2 heterocycles. The Morgan fingerprint density at radius 1 is 1.21 bits per heavy atom. The van der Waals surface area contributed by atoms with E-state index in [4.69, 9.17) is 15.0 Å². The molecule has 11 nitrogen and oxygen atoms in total. The van der Waals surface area contributed by atoms with Crippen molar-refractivity contribution < 1.29 is 19.1 Å². The number of azide groups is 1. The molecule has 3 aromatic rings. The SMILES string of the molecule is CC(C)OC(=O)n1cc2c(n1)CCC(N(C(=O)c1cccc3c1ccn3CCCCOCN=[N+]=[N-])C1CC1)C2. The number of amides is 1. The van der Waals surface area contributed by atoms with Crippen molar-refractivity contribution in [2.24, 2.45) is 5.11 Å². The zero-order valence-electron chi connectivity index (χ0n) is 22.5. The van der Waals surface area contributed by atoms with Crippen LogP contribution in [0, 0.1) is 0 Å². The third kappa shape index (κ3) is 6.10.